The smallest absolute Gasteiger partial charge is 0.0113 e. The van der Waals surface area contributed by atoms with Crippen LogP contribution in [0.4, 0.5) is 0 Å². The van der Waals surface area contributed by atoms with E-state index in [0.29, 0.717) is 5.41 Å². The van der Waals surface area contributed by atoms with Crippen LogP contribution in [0.1, 0.15) is 38.5 Å². The Bertz CT molecular complexity index is 251. The largest absolute Gasteiger partial charge is 0.300 e. The van der Waals surface area contributed by atoms with Crippen molar-refractivity contribution in [3.63, 3.8) is 0 Å². The molecule has 3 aliphatic rings. The summed E-state index contributed by atoms with van der Waals surface area (Å²) in [6.07, 6.45) is 8.72. The van der Waals surface area contributed by atoms with Crippen LogP contribution < -0.4 is 0 Å². The summed E-state index contributed by atoms with van der Waals surface area (Å²) in [7, 11) is 0. The molecule has 0 radical (unpaired) electrons. The molecule has 0 amide bonds. The third-order valence-corrected chi connectivity index (χ3v) is 6.17. The molecule has 98 valence electrons. The van der Waals surface area contributed by atoms with Gasteiger partial charge in [0.2, 0.25) is 0 Å². The van der Waals surface area contributed by atoms with E-state index in [1.807, 2.05) is 0 Å². The fourth-order valence-electron chi connectivity index (χ4n) is 3.66. The van der Waals surface area contributed by atoms with E-state index in [2.05, 4.69) is 25.7 Å². The molecular weight excluding hydrogens is 276 g/mol. The lowest BCUT2D eigenvalue weighted by molar-refractivity contribution is 0.0908. The second kappa shape index (κ2) is 5.18. The van der Waals surface area contributed by atoms with Crippen LogP contribution in [0.25, 0.3) is 0 Å². The molecule has 2 nitrogen and oxygen atoms in total. The Morgan fingerprint density at radius 1 is 1.00 bits per heavy atom. The van der Waals surface area contributed by atoms with Gasteiger partial charge in [0.15, 0.2) is 0 Å². The van der Waals surface area contributed by atoms with Gasteiger partial charge in [0.05, 0.1) is 0 Å². The zero-order valence-corrected chi connectivity index (χ0v) is 12.4. The molecule has 17 heavy (non-hydrogen) atoms. The molecule has 0 spiro atoms. The van der Waals surface area contributed by atoms with Gasteiger partial charge in [0, 0.05) is 44.1 Å². The highest BCUT2D eigenvalue weighted by molar-refractivity contribution is 9.09. The molecule has 3 heteroatoms. The fourth-order valence-corrected chi connectivity index (χ4v) is 4.40. The van der Waals surface area contributed by atoms with Crippen LogP contribution in [0.15, 0.2) is 0 Å². The summed E-state index contributed by atoms with van der Waals surface area (Å²) in [4.78, 5) is 5.44. The van der Waals surface area contributed by atoms with E-state index in [4.69, 9.17) is 0 Å². The molecule has 2 aliphatic carbocycles. The van der Waals surface area contributed by atoms with E-state index in [1.165, 1.54) is 76.6 Å². The molecule has 0 bridgehead atoms. The lowest BCUT2D eigenvalue weighted by Gasteiger charge is -2.39. The van der Waals surface area contributed by atoms with E-state index in [0.717, 1.165) is 6.04 Å². The van der Waals surface area contributed by atoms with Gasteiger partial charge in [-0.25, -0.2) is 0 Å². The van der Waals surface area contributed by atoms with Gasteiger partial charge in [0.25, 0.3) is 0 Å². The first-order valence-electron chi connectivity index (χ1n) is 7.34. The van der Waals surface area contributed by atoms with Gasteiger partial charge in [-0.2, -0.15) is 0 Å². The number of rotatable bonds is 4. The highest BCUT2D eigenvalue weighted by Gasteiger charge is 2.36. The first-order valence-corrected chi connectivity index (χ1v) is 8.46. The molecule has 3 fully saturated rings. The average Bonchev–Trinajstić information content (AvgIpc) is 3.11. The normalized spacial score (nSPS) is 30.9. The van der Waals surface area contributed by atoms with Crippen molar-refractivity contribution in [3.8, 4) is 0 Å². The Balaban J connectivity index is 1.49. The first-order chi connectivity index (χ1) is 8.31. The van der Waals surface area contributed by atoms with E-state index >= 15 is 0 Å². The minimum Gasteiger partial charge on any atom is -0.300 e. The second-order valence-corrected chi connectivity index (χ2v) is 6.94. The molecule has 0 aromatic heterocycles. The van der Waals surface area contributed by atoms with Crippen LogP contribution in [-0.4, -0.2) is 53.9 Å². The molecule has 1 saturated heterocycles. The summed E-state index contributed by atoms with van der Waals surface area (Å²) in [6, 6.07) is 0.966. The second-order valence-electron chi connectivity index (χ2n) is 6.38. The Hall–Kier alpha value is 0.400. The number of nitrogens with zero attached hydrogens (tertiary/aromatic N) is 2. The van der Waals surface area contributed by atoms with E-state index in [-0.39, 0.29) is 0 Å². The summed E-state index contributed by atoms with van der Waals surface area (Å²) < 4.78 is 0. The predicted octanol–water partition coefficient (Wildman–Crippen LogP) is 2.72. The van der Waals surface area contributed by atoms with Gasteiger partial charge >= 0.3 is 0 Å². The van der Waals surface area contributed by atoms with Crippen LogP contribution in [0, 0.1) is 5.41 Å². The summed E-state index contributed by atoms with van der Waals surface area (Å²) in [5, 5.41) is 1.21. The minimum absolute atomic E-state index is 0.613. The van der Waals surface area contributed by atoms with Gasteiger partial charge in [-0.15, -0.1) is 0 Å². The SMILES string of the molecule is BrCC1(CN2CCN(C3CC3)CC2)CCCC1. The van der Waals surface area contributed by atoms with E-state index in [9.17, 15) is 0 Å². The maximum atomic E-state index is 3.77. The van der Waals surface area contributed by atoms with Gasteiger partial charge in [-0.3, -0.25) is 4.90 Å². The highest BCUT2D eigenvalue weighted by Crippen LogP contribution is 2.40. The van der Waals surface area contributed by atoms with Crippen molar-refractivity contribution >= 4 is 15.9 Å². The van der Waals surface area contributed by atoms with Crippen molar-refractivity contribution in [1.29, 1.82) is 0 Å². The zero-order chi connectivity index (χ0) is 11.7. The number of hydrogen-bond donors (Lipinski definition) is 0. The maximum Gasteiger partial charge on any atom is 0.0113 e. The molecule has 1 heterocycles. The van der Waals surface area contributed by atoms with Gasteiger partial charge in [-0.1, -0.05) is 28.8 Å². The molecule has 0 atom stereocenters. The van der Waals surface area contributed by atoms with Gasteiger partial charge < -0.3 is 4.90 Å². The quantitative estimate of drug-likeness (QED) is 0.737. The molecule has 1 aliphatic heterocycles. The monoisotopic (exact) mass is 300 g/mol. The molecule has 2 saturated carbocycles. The third kappa shape index (κ3) is 2.87. The van der Waals surface area contributed by atoms with Crippen LogP contribution in [0.5, 0.6) is 0 Å². The van der Waals surface area contributed by atoms with Crippen molar-refractivity contribution in [2.75, 3.05) is 38.1 Å². The Labute approximate surface area is 114 Å². The van der Waals surface area contributed by atoms with Crippen LogP contribution >= 0.6 is 15.9 Å². The first kappa shape index (κ1) is 12.4. The van der Waals surface area contributed by atoms with Crippen molar-refractivity contribution in [1.82, 2.24) is 9.80 Å². The van der Waals surface area contributed by atoms with Crippen molar-refractivity contribution in [2.45, 2.75) is 44.6 Å². The molecule has 3 rings (SSSR count). The Kier molecular flexibility index (Phi) is 3.79. The summed E-state index contributed by atoms with van der Waals surface area (Å²) in [6.45, 7) is 6.61. The van der Waals surface area contributed by atoms with Crippen molar-refractivity contribution < 1.29 is 0 Å². The number of piperazine rings is 1. The summed E-state index contributed by atoms with van der Waals surface area (Å²) in [5.74, 6) is 0. The van der Waals surface area contributed by atoms with Crippen LogP contribution in [-0.2, 0) is 0 Å². The van der Waals surface area contributed by atoms with E-state index in [1.54, 1.807) is 0 Å². The standard InChI is InChI=1S/C14H25BrN2/c15-11-14(5-1-2-6-14)12-16-7-9-17(10-8-16)13-3-4-13/h13H,1-12H2. The number of hydrogen-bond acceptors (Lipinski definition) is 2. The molecule has 0 N–H and O–H groups in total. The molecular formula is C14H25BrN2. The molecule has 0 aromatic rings. The van der Waals surface area contributed by atoms with Crippen LogP contribution in [0.2, 0.25) is 0 Å². The fraction of sp³-hybridized carbons (Fsp3) is 1.00. The summed E-state index contributed by atoms with van der Waals surface area (Å²) in [5.41, 5.74) is 0.613. The number of alkyl halides is 1. The van der Waals surface area contributed by atoms with Gasteiger partial charge in [0.1, 0.15) is 0 Å². The van der Waals surface area contributed by atoms with Gasteiger partial charge in [-0.05, 0) is 31.1 Å². The molecule has 0 aromatic carbocycles. The van der Waals surface area contributed by atoms with Crippen LogP contribution in [0.3, 0.4) is 0 Å². The predicted molar refractivity (Wildman–Crippen MR) is 75.7 cm³/mol. The zero-order valence-electron chi connectivity index (χ0n) is 10.8. The van der Waals surface area contributed by atoms with Crippen molar-refractivity contribution in [3.05, 3.63) is 0 Å². The maximum absolute atomic E-state index is 3.77. The topological polar surface area (TPSA) is 6.48 Å². The number of halogens is 1. The van der Waals surface area contributed by atoms with Crippen molar-refractivity contribution in [2.24, 2.45) is 5.41 Å². The summed E-state index contributed by atoms with van der Waals surface area (Å²) >= 11 is 3.77. The highest BCUT2D eigenvalue weighted by atomic mass is 79.9. The Morgan fingerprint density at radius 3 is 2.18 bits per heavy atom. The molecule has 0 unspecified atom stereocenters. The lowest BCUT2D eigenvalue weighted by atomic mass is 9.88. The average molecular weight is 301 g/mol. The lowest BCUT2D eigenvalue weighted by Crippen LogP contribution is -2.50. The Morgan fingerprint density at radius 2 is 1.65 bits per heavy atom. The third-order valence-electron chi connectivity index (χ3n) is 4.98. The minimum atomic E-state index is 0.613. The van der Waals surface area contributed by atoms with E-state index < -0.39 is 0 Å².